The zero-order valence-corrected chi connectivity index (χ0v) is 21.8. The number of hydrogen-bond acceptors (Lipinski definition) is 4. The predicted octanol–water partition coefficient (Wildman–Crippen LogP) is 5.90. The zero-order chi connectivity index (χ0) is 25.6. The summed E-state index contributed by atoms with van der Waals surface area (Å²) in [6.45, 7) is 2.01. The Morgan fingerprint density at radius 2 is 1.97 bits per heavy atom. The standard InChI is InChI=1S/C26H23Cl2FN4O2S/c1-16-21-14-31-33(20-9-7-19(29)8-10-20)23(21)13-17-5-6-18(25(16)17)15-32(12-11-30)36(34,35)24-4-2-3-22(27)26(24)28/h2-4,7-10,14,16,18H,5-6,12-13,15H2,1H3/t16-,18+/m0/s1. The van der Waals surface area contributed by atoms with Gasteiger partial charge in [0.2, 0.25) is 10.0 Å². The SMILES string of the molecule is C[C@@H]1C2=C(CC[C@@H]2CN(CC#N)S(=O)(=O)c2cccc(Cl)c2Cl)Cc2c1cnn2-c1ccc(F)cc1. The normalized spacial score (nSPS) is 19.3. The Labute approximate surface area is 219 Å². The third-order valence-corrected chi connectivity index (χ3v) is 9.92. The van der Waals surface area contributed by atoms with E-state index in [1.165, 1.54) is 45.8 Å². The van der Waals surface area contributed by atoms with Gasteiger partial charge in [-0.3, -0.25) is 0 Å². The Bertz CT molecular complexity index is 1510. The Kier molecular flexibility index (Phi) is 6.69. The molecule has 0 saturated heterocycles. The summed E-state index contributed by atoms with van der Waals surface area (Å²) in [5.74, 6) is -0.280. The number of nitrogens with zero attached hydrogens (tertiary/aromatic N) is 4. The van der Waals surface area contributed by atoms with Crippen LogP contribution in [-0.4, -0.2) is 35.6 Å². The van der Waals surface area contributed by atoms with Gasteiger partial charge in [0.1, 0.15) is 17.3 Å². The first-order chi connectivity index (χ1) is 17.2. The van der Waals surface area contributed by atoms with Crippen molar-refractivity contribution in [2.75, 3.05) is 13.1 Å². The van der Waals surface area contributed by atoms with Gasteiger partial charge in [-0.05, 0) is 55.2 Å². The van der Waals surface area contributed by atoms with Crippen molar-refractivity contribution in [1.82, 2.24) is 14.1 Å². The molecule has 5 rings (SSSR count). The number of nitriles is 1. The van der Waals surface area contributed by atoms with Crippen molar-refractivity contribution in [2.24, 2.45) is 5.92 Å². The van der Waals surface area contributed by atoms with Crippen LogP contribution in [0.1, 0.15) is 36.9 Å². The van der Waals surface area contributed by atoms with E-state index in [9.17, 15) is 18.1 Å². The fourth-order valence-electron chi connectivity index (χ4n) is 5.47. The van der Waals surface area contributed by atoms with E-state index in [0.29, 0.717) is 6.42 Å². The maximum absolute atomic E-state index is 13.5. The van der Waals surface area contributed by atoms with Crippen molar-refractivity contribution < 1.29 is 12.8 Å². The molecule has 0 unspecified atom stereocenters. The summed E-state index contributed by atoms with van der Waals surface area (Å²) in [7, 11) is -4.03. The van der Waals surface area contributed by atoms with Crippen LogP contribution in [0.15, 0.2) is 64.7 Å². The first kappa shape index (κ1) is 25.0. The summed E-state index contributed by atoms with van der Waals surface area (Å²) in [4.78, 5) is -0.0985. The molecule has 2 aliphatic carbocycles. The number of sulfonamides is 1. The molecule has 1 heterocycles. The van der Waals surface area contributed by atoms with Crippen molar-refractivity contribution in [3.8, 4) is 11.8 Å². The minimum Gasteiger partial charge on any atom is -0.237 e. The highest BCUT2D eigenvalue weighted by Crippen LogP contribution is 2.47. The first-order valence-corrected chi connectivity index (χ1v) is 13.8. The van der Waals surface area contributed by atoms with Crippen molar-refractivity contribution in [3.05, 3.63) is 86.9 Å². The highest BCUT2D eigenvalue weighted by atomic mass is 35.5. The Morgan fingerprint density at radius 1 is 1.22 bits per heavy atom. The lowest BCUT2D eigenvalue weighted by Crippen LogP contribution is -2.36. The van der Waals surface area contributed by atoms with Crippen LogP contribution in [0.3, 0.4) is 0 Å². The van der Waals surface area contributed by atoms with Gasteiger partial charge in [0, 0.05) is 24.4 Å². The molecule has 0 aliphatic heterocycles. The van der Waals surface area contributed by atoms with E-state index in [2.05, 4.69) is 12.0 Å². The van der Waals surface area contributed by atoms with Crippen molar-refractivity contribution in [1.29, 1.82) is 5.26 Å². The molecule has 0 bridgehead atoms. The average molecular weight is 545 g/mol. The topological polar surface area (TPSA) is 79.0 Å². The van der Waals surface area contributed by atoms with Gasteiger partial charge < -0.3 is 0 Å². The van der Waals surface area contributed by atoms with Gasteiger partial charge in [0.25, 0.3) is 0 Å². The molecule has 0 N–H and O–H groups in total. The second-order valence-corrected chi connectivity index (χ2v) is 11.8. The summed E-state index contributed by atoms with van der Waals surface area (Å²) in [5.41, 5.74) is 5.45. The monoisotopic (exact) mass is 544 g/mol. The number of rotatable bonds is 6. The lowest BCUT2D eigenvalue weighted by atomic mass is 9.80. The molecule has 2 aromatic carbocycles. The van der Waals surface area contributed by atoms with Gasteiger partial charge in [-0.2, -0.15) is 14.7 Å². The fraction of sp³-hybridized carbons (Fsp3) is 0.308. The molecule has 3 aromatic rings. The molecule has 10 heteroatoms. The Hall–Kier alpha value is -2.70. The van der Waals surface area contributed by atoms with E-state index in [1.807, 2.05) is 16.9 Å². The Morgan fingerprint density at radius 3 is 2.69 bits per heavy atom. The zero-order valence-electron chi connectivity index (χ0n) is 19.5. The van der Waals surface area contributed by atoms with E-state index in [-0.39, 0.29) is 45.7 Å². The fourth-order valence-corrected chi connectivity index (χ4v) is 7.59. The van der Waals surface area contributed by atoms with Crippen LogP contribution in [0.25, 0.3) is 5.69 Å². The molecule has 0 amide bonds. The number of halogens is 3. The van der Waals surface area contributed by atoms with Gasteiger partial charge in [-0.25, -0.2) is 17.5 Å². The largest absolute Gasteiger partial charge is 0.245 e. The summed E-state index contributed by atoms with van der Waals surface area (Å²) in [6, 6.07) is 12.7. The number of hydrogen-bond donors (Lipinski definition) is 0. The predicted molar refractivity (Wildman–Crippen MR) is 136 cm³/mol. The molecular formula is C26H23Cl2FN4O2S. The number of aromatic nitrogens is 2. The smallest absolute Gasteiger partial charge is 0.237 e. The molecule has 0 spiro atoms. The molecule has 36 heavy (non-hydrogen) atoms. The van der Waals surface area contributed by atoms with Crippen molar-refractivity contribution in [3.63, 3.8) is 0 Å². The van der Waals surface area contributed by atoms with E-state index in [0.717, 1.165) is 29.8 Å². The van der Waals surface area contributed by atoms with Crippen molar-refractivity contribution >= 4 is 33.2 Å². The van der Waals surface area contributed by atoms with Crippen LogP contribution in [0, 0.1) is 23.1 Å². The molecule has 186 valence electrons. The highest BCUT2D eigenvalue weighted by Gasteiger charge is 2.39. The number of fused-ring (bicyclic) bond motifs is 1. The van der Waals surface area contributed by atoms with Crippen molar-refractivity contribution in [2.45, 2.75) is 37.0 Å². The van der Waals surface area contributed by atoms with Crippen LogP contribution < -0.4 is 0 Å². The lowest BCUT2D eigenvalue weighted by molar-refractivity contribution is 0.383. The van der Waals surface area contributed by atoms with Gasteiger partial charge in [0.15, 0.2) is 0 Å². The lowest BCUT2D eigenvalue weighted by Gasteiger charge is -2.30. The molecule has 2 atom stereocenters. The summed E-state index contributed by atoms with van der Waals surface area (Å²) >= 11 is 12.3. The van der Waals surface area contributed by atoms with E-state index in [1.54, 1.807) is 12.1 Å². The summed E-state index contributed by atoms with van der Waals surface area (Å²) in [5, 5.41) is 14.1. The maximum atomic E-state index is 13.5. The quantitative estimate of drug-likeness (QED) is 0.286. The van der Waals surface area contributed by atoms with E-state index < -0.39 is 10.0 Å². The molecule has 1 aromatic heterocycles. The second-order valence-electron chi connectivity index (χ2n) is 9.14. The van der Waals surface area contributed by atoms with Gasteiger partial charge in [0.05, 0.1) is 33.7 Å². The highest BCUT2D eigenvalue weighted by molar-refractivity contribution is 7.89. The third-order valence-electron chi connectivity index (χ3n) is 7.13. The maximum Gasteiger partial charge on any atom is 0.245 e. The Balaban J connectivity index is 1.45. The molecule has 0 radical (unpaired) electrons. The molecular weight excluding hydrogens is 522 g/mol. The van der Waals surface area contributed by atoms with Crippen LogP contribution in [0.4, 0.5) is 4.39 Å². The third kappa shape index (κ3) is 4.24. The second kappa shape index (κ2) is 9.64. The first-order valence-electron chi connectivity index (χ1n) is 11.6. The number of benzene rings is 2. The number of allylic oxidation sites excluding steroid dienone is 1. The average Bonchev–Trinajstić information content (AvgIpc) is 3.46. The minimum atomic E-state index is -4.03. The summed E-state index contributed by atoms with van der Waals surface area (Å²) in [6.07, 6.45) is 4.19. The summed E-state index contributed by atoms with van der Waals surface area (Å²) < 4.78 is 43.5. The molecule has 0 fully saturated rings. The minimum absolute atomic E-state index is 0.0293. The molecule has 0 saturated carbocycles. The van der Waals surface area contributed by atoms with Crippen LogP contribution in [-0.2, 0) is 16.4 Å². The van der Waals surface area contributed by atoms with Crippen LogP contribution in [0.5, 0.6) is 0 Å². The molecule has 2 aliphatic rings. The van der Waals surface area contributed by atoms with Gasteiger partial charge in [-0.1, -0.05) is 47.3 Å². The van der Waals surface area contributed by atoms with E-state index in [4.69, 9.17) is 23.2 Å². The van der Waals surface area contributed by atoms with Crippen LogP contribution in [0.2, 0.25) is 10.0 Å². The van der Waals surface area contributed by atoms with Crippen LogP contribution >= 0.6 is 23.2 Å². The van der Waals surface area contributed by atoms with Gasteiger partial charge in [-0.15, -0.1) is 0 Å². The van der Waals surface area contributed by atoms with Gasteiger partial charge >= 0.3 is 0 Å². The van der Waals surface area contributed by atoms with E-state index >= 15 is 0 Å². The molecule has 6 nitrogen and oxygen atoms in total.